The molecule has 1 heterocycles. The molecule has 0 saturated carbocycles. The zero-order valence-corrected chi connectivity index (χ0v) is 12.9. The summed E-state index contributed by atoms with van der Waals surface area (Å²) in [6.45, 7) is 4.26. The molecule has 1 aromatic heterocycles. The molecule has 19 heavy (non-hydrogen) atoms. The van der Waals surface area contributed by atoms with Gasteiger partial charge in [0.15, 0.2) is 0 Å². The van der Waals surface area contributed by atoms with Gasteiger partial charge in [-0.2, -0.15) is 0 Å². The number of nitrogens with zero attached hydrogens (tertiary/aromatic N) is 1. The molecule has 4 heteroatoms. The molecule has 0 amide bonds. The van der Waals surface area contributed by atoms with Gasteiger partial charge >= 0.3 is 0 Å². The SMILES string of the molecule is CCc1cc(-c2cccc(N)c2)cc(CC)n1.Cl.Cl. The number of rotatable bonds is 3. The second kappa shape index (κ2) is 8.03. The van der Waals surface area contributed by atoms with E-state index in [-0.39, 0.29) is 24.8 Å². The van der Waals surface area contributed by atoms with Crippen LogP contribution in [-0.2, 0) is 12.8 Å². The van der Waals surface area contributed by atoms with E-state index in [0.29, 0.717) is 0 Å². The van der Waals surface area contributed by atoms with Crippen LogP contribution in [0.4, 0.5) is 5.69 Å². The van der Waals surface area contributed by atoms with E-state index in [2.05, 4.69) is 37.0 Å². The van der Waals surface area contributed by atoms with E-state index in [4.69, 9.17) is 5.73 Å². The van der Waals surface area contributed by atoms with E-state index < -0.39 is 0 Å². The van der Waals surface area contributed by atoms with Gasteiger partial charge in [0.25, 0.3) is 0 Å². The van der Waals surface area contributed by atoms with E-state index in [1.165, 1.54) is 5.56 Å². The molecule has 2 nitrogen and oxygen atoms in total. The maximum atomic E-state index is 5.82. The van der Waals surface area contributed by atoms with Gasteiger partial charge in [-0.1, -0.05) is 26.0 Å². The summed E-state index contributed by atoms with van der Waals surface area (Å²) in [6.07, 6.45) is 1.92. The molecule has 0 fully saturated rings. The summed E-state index contributed by atoms with van der Waals surface area (Å²) in [6, 6.07) is 12.3. The first-order valence-corrected chi connectivity index (χ1v) is 6.08. The number of pyridine rings is 1. The van der Waals surface area contributed by atoms with Crippen LogP contribution in [0, 0.1) is 0 Å². The highest BCUT2D eigenvalue weighted by Crippen LogP contribution is 2.23. The predicted octanol–water partition coefficient (Wildman–Crippen LogP) is 4.30. The van der Waals surface area contributed by atoms with Gasteiger partial charge in [0.2, 0.25) is 0 Å². The lowest BCUT2D eigenvalue weighted by Gasteiger charge is -2.07. The lowest BCUT2D eigenvalue weighted by molar-refractivity contribution is 0.956. The van der Waals surface area contributed by atoms with Crippen LogP contribution < -0.4 is 5.73 Å². The number of hydrogen-bond donors (Lipinski definition) is 1. The van der Waals surface area contributed by atoms with Crippen LogP contribution in [0.2, 0.25) is 0 Å². The molecule has 0 saturated heterocycles. The van der Waals surface area contributed by atoms with Crippen LogP contribution in [0.5, 0.6) is 0 Å². The smallest absolute Gasteiger partial charge is 0.0410 e. The highest BCUT2D eigenvalue weighted by molar-refractivity contribution is 5.85. The van der Waals surface area contributed by atoms with Crippen molar-refractivity contribution in [3.05, 3.63) is 47.8 Å². The van der Waals surface area contributed by atoms with E-state index in [1.807, 2.05) is 18.2 Å². The second-order valence-corrected chi connectivity index (χ2v) is 4.17. The third-order valence-electron chi connectivity index (χ3n) is 2.88. The number of aromatic nitrogens is 1. The Morgan fingerprint density at radius 1 is 0.895 bits per heavy atom. The molecule has 104 valence electrons. The van der Waals surface area contributed by atoms with Crippen LogP contribution in [0.15, 0.2) is 36.4 Å². The van der Waals surface area contributed by atoms with Crippen molar-refractivity contribution in [2.24, 2.45) is 0 Å². The van der Waals surface area contributed by atoms with E-state index in [9.17, 15) is 0 Å². The van der Waals surface area contributed by atoms with Crippen molar-refractivity contribution in [1.29, 1.82) is 0 Å². The third kappa shape index (κ3) is 4.41. The first-order chi connectivity index (χ1) is 8.22. The van der Waals surface area contributed by atoms with Crippen molar-refractivity contribution in [1.82, 2.24) is 4.98 Å². The second-order valence-electron chi connectivity index (χ2n) is 4.17. The first kappa shape index (κ1) is 17.8. The van der Waals surface area contributed by atoms with E-state index in [0.717, 1.165) is 35.5 Å². The van der Waals surface area contributed by atoms with Gasteiger partial charge in [-0.15, -0.1) is 24.8 Å². The minimum Gasteiger partial charge on any atom is -0.399 e. The molecular weight excluding hydrogens is 279 g/mol. The predicted molar refractivity (Wildman–Crippen MR) is 87.3 cm³/mol. The Labute approximate surface area is 127 Å². The average molecular weight is 299 g/mol. The van der Waals surface area contributed by atoms with Gasteiger partial charge in [-0.05, 0) is 48.2 Å². The number of halogens is 2. The fourth-order valence-electron chi connectivity index (χ4n) is 1.90. The number of nitrogens with two attached hydrogens (primary N) is 1. The molecule has 0 atom stereocenters. The van der Waals surface area contributed by atoms with Crippen LogP contribution in [0.1, 0.15) is 25.2 Å². The summed E-state index contributed by atoms with van der Waals surface area (Å²) in [4.78, 5) is 4.59. The number of aryl methyl sites for hydroxylation is 2. The first-order valence-electron chi connectivity index (χ1n) is 6.08. The zero-order chi connectivity index (χ0) is 12.3. The Bertz CT molecular complexity index is 505. The van der Waals surface area contributed by atoms with Crippen LogP contribution in [-0.4, -0.2) is 4.98 Å². The highest BCUT2D eigenvalue weighted by atomic mass is 35.5. The summed E-state index contributed by atoms with van der Waals surface area (Å²) in [5, 5.41) is 0. The van der Waals surface area contributed by atoms with Crippen LogP contribution in [0.25, 0.3) is 11.1 Å². The molecule has 0 bridgehead atoms. The number of anilines is 1. The van der Waals surface area contributed by atoms with Crippen molar-refractivity contribution >= 4 is 30.5 Å². The quantitative estimate of drug-likeness (QED) is 0.858. The Balaban J connectivity index is 0.00000162. The Kier molecular flexibility index (Phi) is 7.50. The highest BCUT2D eigenvalue weighted by Gasteiger charge is 2.03. The van der Waals surface area contributed by atoms with Crippen molar-refractivity contribution in [3.63, 3.8) is 0 Å². The largest absolute Gasteiger partial charge is 0.399 e. The minimum atomic E-state index is 0. The molecule has 2 aromatic rings. The molecule has 0 aliphatic rings. The average Bonchev–Trinajstić information content (AvgIpc) is 2.38. The fourth-order valence-corrected chi connectivity index (χ4v) is 1.90. The van der Waals surface area contributed by atoms with Crippen molar-refractivity contribution in [3.8, 4) is 11.1 Å². The molecule has 0 spiro atoms. The molecule has 0 aliphatic heterocycles. The number of benzene rings is 1. The minimum absolute atomic E-state index is 0. The molecule has 0 radical (unpaired) electrons. The molecule has 2 N–H and O–H groups in total. The lowest BCUT2D eigenvalue weighted by Crippen LogP contribution is -1.95. The number of nitrogen functional groups attached to an aromatic ring is 1. The lowest BCUT2D eigenvalue weighted by atomic mass is 10.0. The normalized spacial score (nSPS) is 9.37. The van der Waals surface area contributed by atoms with Gasteiger partial charge in [0.1, 0.15) is 0 Å². The summed E-state index contributed by atoms with van der Waals surface area (Å²) >= 11 is 0. The fraction of sp³-hybridized carbons (Fsp3) is 0.267. The van der Waals surface area contributed by atoms with Gasteiger partial charge in [0, 0.05) is 17.1 Å². The standard InChI is InChI=1S/C15H18N2.2ClH/c1-3-14-9-12(10-15(4-2)17-14)11-6-5-7-13(16)8-11;;/h5-10H,3-4,16H2,1-2H3;2*1H. The maximum Gasteiger partial charge on any atom is 0.0410 e. The maximum absolute atomic E-state index is 5.82. The topological polar surface area (TPSA) is 38.9 Å². The van der Waals surface area contributed by atoms with E-state index >= 15 is 0 Å². The summed E-state index contributed by atoms with van der Waals surface area (Å²) < 4.78 is 0. The molecule has 1 aromatic carbocycles. The Morgan fingerprint density at radius 3 is 1.95 bits per heavy atom. The molecule has 0 unspecified atom stereocenters. The van der Waals surface area contributed by atoms with Gasteiger partial charge in [-0.25, -0.2) is 0 Å². The third-order valence-corrected chi connectivity index (χ3v) is 2.88. The number of hydrogen-bond acceptors (Lipinski definition) is 2. The van der Waals surface area contributed by atoms with E-state index in [1.54, 1.807) is 0 Å². The van der Waals surface area contributed by atoms with Gasteiger partial charge in [-0.3, -0.25) is 4.98 Å². The summed E-state index contributed by atoms with van der Waals surface area (Å²) in [5.74, 6) is 0. The van der Waals surface area contributed by atoms with Gasteiger partial charge in [0.05, 0.1) is 0 Å². The molecule has 2 rings (SSSR count). The van der Waals surface area contributed by atoms with Crippen LogP contribution in [0.3, 0.4) is 0 Å². The monoisotopic (exact) mass is 298 g/mol. The summed E-state index contributed by atoms with van der Waals surface area (Å²) in [5.41, 5.74) is 11.3. The van der Waals surface area contributed by atoms with Crippen molar-refractivity contribution < 1.29 is 0 Å². The van der Waals surface area contributed by atoms with Gasteiger partial charge < -0.3 is 5.73 Å². The van der Waals surface area contributed by atoms with Crippen LogP contribution >= 0.6 is 24.8 Å². The van der Waals surface area contributed by atoms with Crippen molar-refractivity contribution in [2.45, 2.75) is 26.7 Å². The van der Waals surface area contributed by atoms with Crippen molar-refractivity contribution in [2.75, 3.05) is 5.73 Å². The summed E-state index contributed by atoms with van der Waals surface area (Å²) in [7, 11) is 0. The Morgan fingerprint density at radius 2 is 1.47 bits per heavy atom. The zero-order valence-electron chi connectivity index (χ0n) is 11.2. The Hall–Kier alpha value is -1.25. The molecular formula is C15H20Cl2N2. The molecule has 0 aliphatic carbocycles.